The zero-order valence-electron chi connectivity index (χ0n) is 10.6. The maximum Gasteiger partial charge on any atom is 0.248 e. The molecule has 0 radical (unpaired) electrons. The van der Waals surface area contributed by atoms with Crippen LogP contribution >= 0.6 is 12.2 Å². The maximum absolute atomic E-state index is 10.9. The van der Waals surface area contributed by atoms with Crippen molar-refractivity contribution in [1.82, 2.24) is 0 Å². The second-order valence-corrected chi connectivity index (χ2v) is 5.18. The molecule has 1 aromatic carbocycles. The van der Waals surface area contributed by atoms with Gasteiger partial charge in [0.25, 0.3) is 0 Å². The number of rotatable bonds is 6. The monoisotopic (exact) mass is 266 g/mol. The second-order valence-electron chi connectivity index (χ2n) is 4.74. The van der Waals surface area contributed by atoms with E-state index >= 15 is 0 Å². The molecule has 0 saturated heterocycles. The Morgan fingerprint density at radius 2 is 1.83 bits per heavy atom. The van der Waals surface area contributed by atoms with Crippen LogP contribution in [0.1, 0.15) is 30.6 Å². The van der Waals surface area contributed by atoms with E-state index in [-0.39, 0.29) is 5.41 Å². The van der Waals surface area contributed by atoms with Crippen molar-refractivity contribution in [2.45, 2.75) is 20.3 Å². The highest BCUT2D eigenvalue weighted by molar-refractivity contribution is 7.80. The molecule has 0 unspecified atom stereocenters. The molecule has 18 heavy (non-hydrogen) atoms. The van der Waals surface area contributed by atoms with Crippen molar-refractivity contribution in [3.63, 3.8) is 0 Å². The number of thiocarbonyl (C=S) groups is 1. The fourth-order valence-electron chi connectivity index (χ4n) is 1.26. The summed E-state index contributed by atoms with van der Waals surface area (Å²) >= 11 is 4.98. The highest BCUT2D eigenvalue weighted by Crippen LogP contribution is 2.21. The van der Waals surface area contributed by atoms with Crippen LogP contribution in [0.15, 0.2) is 24.3 Å². The van der Waals surface area contributed by atoms with E-state index in [1.807, 2.05) is 13.8 Å². The molecule has 5 heteroatoms. The van der Waals surface area contributed by atoms with E-state index < -0.39 is 5.91 Å². The van der Waals surface area contributed by atoms with Gasteiger partial charge in [0.15, 0.2) is 0 Å². The van der Waals surface area contributed by atoms with E-state index in [4.69, 9.17) is 28.4 Å². The number of carbonyl (C=O) groups excluding carboxylic acids is 1. The highest BCUT2D eigenvalue weighted by Gasteiger charge is 2.21. The van der Waals surface area contributed by atoms with Gasteiger partial charge in [-0.15, -0.1) is 0 Å². The Labute approximate surface area is 112 Å². The van der Waals surface area contributed by atoms with Gasteiger partial charge in [-0.2, -0.15) is 0 Å². The minimum Gasteiger partial charge on any atom is -0.494 e. The molecular weight excluding hydrogens is 248 g/mol. The van der Waals surface area contributed by atoms with Gasteiger partial charge in [-0.25, -0.2) is 0 Å². The van der Waals surface area contributed by atoms with Gasteiger partial charge >= 0.3 is 0 Å². The highest BCUT2D eigenvalue weighted by atomic mass is 32.1. The van der Waals surface area contributed by atoms with Crippen molar-refractivity contribution < 1.29 is 9.53 Å². The first-order chi connectivity index (χ1) is 8.33. The van der Waals surface area contributed by atoms with E-state index in [0.717, 1.165) is 6.42 Å². The van der Waals surface area contributed by atoms with E-state index in [2.05, 4.69) is 0 Å². The summed E-state index contributed by atoms with van der Waals surface area (Å²) in [7, 11) is 0. The summed E-state index contributed by atoms with van der Waals surface area (Å²) in [5, 5.41) is 0. The molecule has 0 fully saturated rings. The molecule has 0 aromatic heterocycles. The standard InChI is InChI=1S/C13H18N2O2S/c1-13(2,12(15)18)7-8-17-10-5-3-9(4-6-10)11(14)16/h3-6H,7-8H2,1-2H3,(H2,14,16)(H2,15,18). The van der Waals surface area contributed by atoms with Gasteiger partial charge in [0.1, 0.15) is 5.75 Å². The second kappa shape index (κ2) is 5.82. The molecule has 0 aliphatic carbocycles. The summed E-state index contributed by atoms with van der Waals surface area (Å²) in [5.74, 6) is 0.245. The average molecular weight is 266 g/mol. The minimum absolute atomic E-state index is 0.220. The average Bonchev–Trinajstić information content (AvgIpc) is 2.29. The predicted octanol–water partition coefficient (Wildman–Crippen LogP) is 1.87. The summed E-state index contributed by atoms with van der Waals surface area (Å²) in [6.07, 6.45) is 0.736. The normalized spacial score (nSPS) is 11.0. The molecule has 1 rings (SSSR count). The first-order valence-corrected chi connectivity index (χ1v) is 6.06. The van der Waals surface area contributed by atoms with Gasteiger partial charge < -0.3 is 16.2 Å². The summed E-state index contributed by atoms with van der Waals surface area (Å²) in [5.41, 5.74) is 11.0. The van der Waals surface area contributed by atoms with E-state index in [1.165, 1.54) is 0 Å². The lowest BCUT2D eigenvalue weighted by atomic mass is 9.90. The summed E-state index contributed by atoms with van der Waals surface area (Å²) in [6, 6.07) is 6.70. The Kier molecular flexibility index (Phi) is 4.67. The molecule has 1 aromatic rings. The first kappa shape index (κ1) is 14.4. The van der Waals surface area contributed by atoms with Crippen molar-refractivity contribution in [2.24, 2.45) is 16.9 Å². The lowest BCUT2D eigenvalue weighted by molar-refractivity contribution is 0.100. The number of hydrogen-bond donors (Lipinski definition) is 2. The van der Waals surface area contributed by atoms with Crippen LogP contribution in [-0.2, 0) is 0 Å². The Hall–Kier alpha value is -1.62. The van der Waals surface area contributed by atoms with E-state index in [0.29, 0.717) is 22.9 Å². The lowest BCUT2D eigenvalue weighted by Crippen LogP contribution is -2.31. The van der Waals surface area contributed by atoms with Gasteiger partial charge in [0, 0.05) is 11.0 Å². The van der Waals surface area contributed by atoms with E-state index in [1.54, 1.807) is 24.3 Å². The molecule has 0 heterocycles. The Morgan fingerprint density at radius 1 is 1.28 bits per heavy atom. The molecule has 0 saturated carbocycles. The van der Waals surface area contributed by atoms with Crippen LogP contribution in [-0.4, -0.2) is 17.5 Å². The van der Waals surface area contributed by atoms with Crippen molar-refractivity contribution in [3.05, 3.63) is 29.8 Å². The number of amides is 1. The smallest absolute Gasteiger partial charge is 0.248 e. The van der Waals surface area contributed by atoms with Crippen molar-refractivity contribution in [1.29, 1.82) is 0 Å². The Balaban J connectivity index is 2.50. The van der Waals surface area contributed by atoms with E-state index in [9.17, 15) is 4.79 Å². The van der Waals surface area contributed by atoms with Gasteiger partial charge in [0.05, 0.1) is 11.6 Å². The zero-order valence-corrected chi connectivity index (χ0v) is 11.4. The van der Waals surface area contributed by atoms with Crippen LogP contribution in [0.25, 0.3) is 0 Å². The molecule has 0 aliphatic heterocycles. The molecule has 4 nitrogen and oxygen atoms in total. The topological polar surface area (TPSA) is 78.3 Å². The molecule has 1 amide bonds. The fourth-order valence-corrected chi connectivity index (χ4v) is 1.36. The number of nitrogens with two attached hydrogens (primary N) is 2. The van der Waals surface area contributed by atoms with Crippen LogP contribution in [0.5, 0.6) is 5.75 Å². The van der Waals surface area contributed by atoms with Crippen LogP contribution in [0.4, 0.5) is 0 Å². The first-order valence-electron chi connectivity index (χ1n) is 5.65. The summed E-state index contributed by atoms with van der Waals surface area (Å²) in [6.45, 7) is 4.48. The van der Waals surface area contributed by atoms with Crippen molar-refractivity contribution in [2.75, 3.05) is 6.61 Å². The number of ether oxygens (including phenoxy) is 1. The summed E-state index contributed by atoms with van der Waals surface area (Å²) in [4.78, 5) is 11.4. The summed E-state index contributed by atoms with van der Waals surface area (Å²) < 4.78 is 5.56. The molecule has 0 bridgehead atoms. The minimum atomic E-state index is -0.448. The van der Waals surface area contributed by atoms with Gasteiger partial charge in [-0.05, 0) is 30.7 Å². The number of primary amides is 1. The van der Waals surface area contributed by atoms with Crippen LogP contribution in [0.2, 0.25) is 0 Å². The number of hydrogen-bond acceptors (Lipinski definition) is 3. The largest absolute Gasteiger partial charge is 0.494 e. The SMILES string of the molecule is CC(C)(CCOc1ccc(C(N)=O)cc1)C(N)=S. The van der Waals surface area contributed by atoms with Crippen LogP contribution < -0.4 is 16.2 Å². The van der Waals surface area contributed by atoms with Crippen molar-refractivity contribution >= 4 is 23.1 Å². The van der Waals surface area contributed by atoms with Gasteiger partial charge in [0.2, 0.25) is 5.91 Å². The fraction of sp³-hybridized carbons (Fsp3) is 0.385. The third-order valence-electron chi connectivity index (χ3n) is 2.80. The Bertz CT molecular complexity index is 441. The molecule has 0 aliphatic rings. The molecule has 0 spiro atoms. The van der Waals surface area contributed by atoms with Gasteiger partial charge in [-0.3, -0.25) is 4.79 Å². The lowest BCUT2D eigenvalue weighted by Gasteiger charge is -2.22. The molecule has 98 valence electrons. The zero-order chi connectivity index (χ0) is 13.8. The maximum atomic E-state index is 10.9. The van der Waals surface area contributed by atoms with Crippen LogP contribution in [0, 0.1) is 5.41 Å². The van der Waals surface area contributed by atoms with Crippen LogP contribution in [0.3, 0.4) is 0 Å². The molecule has 0 atom stereocenters. The molecule has 4 N–H and O–H groups in total. The molecular formula is C13H18N2O2S. The third kappa shape index (κ3) is 4.00. The van der Waals surface area contributed by atoms with Gasteiger partial charge in [-0.1, -0.05) is 26.1 Å². The Morgan fingerprint density at radius 3 is 2.28 bits per heavy atom. The number of benzene rings is 1. The van der Waals surface area contributed by atoms with Crippen molar-refractivity contribution in [3.8, 4) is 5.75 Å². The quantitative estimate of drug-likeness (QED) is 0.770. The third-order valence-corrected chi connectivity index (χ3v) is 3.35. The predicted molar refractivity (Wildman–Crippen MR) is 75.6 cm³/mol. The number of carbonyl (C=O) groups is 1.